The average Bonchev–Trinajstić information content (AvgIpc) is 2.76. The van der Waals surface area contributed by atoms with Crippen molar-refractivity contribution in [3.05, 3.63) is 94.0 Å². The zero-order valence-corrected chi connectivity index (χ0v) is 17.8. The molecule has 0 heterocycles. The largest absolute Gasteiger partial charge is 0.493 e. The van der Waals surface area contributed by atoms with E-state index in [4.69, 9.17) is 9.47 Å². The number of hydrogen-bond acceptors (Lipinski definition) is 5. The summed E-state index contributed by atoms with van der Waals surface area (Å²) in [5.74, 6) is -0.0989. The maximum atomic E-state index is 12.5. The molecule has 0 saturated heterocycles. The van der Waals surface area contributed by atoms with Crippen molar-refractivity contribution in [3.8, 4) is 11.5 Å². The molecule has 152 valence electrons. The quantitative estimate of drug-likeness (QED) is 0.234. The van der Waals surface area contributed by atoms with Crippen molar-refractivity contribution in [1.29, 1.82) is 0 Å². The molecule has 0 spiro atoms. The topological polar surface area (TPSA) is 77.0 Å². The van der Waals surface area contributed by atoms with Gasteiger partial charge in [0.05, 0.1) is 23.9 Å². The Kier molecular flexibility index (Phi) is 7.34. The minimum absolute atomic E-state index is 0.335. The number of carbonyl (C=O) groups is 2. The van der Waals surface area contributed by atoms with Crippen molar-refractivity contribution >= 4 is 34.0 Å². The number of benzene rings is 3. The Morgan fingerprint density at radius 1 is 1.00 bits per heavy atom. The third-order valence-corrected chi connectivity index (χ3v) is 4.48. The number of nitrogens with one attached hydrogen (secondary N) is 1. The standard InChI is InChI=1S/C23H19BrN2O4/c1-2-29-21-13-12-18(24)14-19(21)22(27)26-25-15-17-10-6-7-11-20(17)30-23(28)16-8-4-3-5-9-16/h3-15H,2H2,1H3,(H,26,27)/b25-15+. The molecule has 0 aromatic heterocycles. The molecule has 3 aromatic rings. The molecular weight excluding hydrogens is 448 g/mol. The molecule has 0 radical (unpaired) electrons. The zero-order chi connectivity index (χ0) is 21.3. The number of amides is 1. The lowest BCUT2D eigenvalue weighted by atomic mass is 10.2. The third kappa shape index (κ3) is 5.55. The van der Waals surface area contributed by atoms with Crippen LogP contribution < -0.4 is 14.9 Å². The lowest BCUT2D eigenvalue weighted by Crippen LogP contribution is -2.19. The zero-order valence-electron chi connectivity index (χ0n) is 16.2. The maximum Gasteiger partial charge on any atom is 0.343 e. The average molecular weight is 467 g/mol. The van der Waals surface area contributed by atoms with Gasteiger partial charge in [0.25, 0.3) is 5.91 Å². The van der Waals surface area contributed by atoms with Crippen LogP contribution in [0.3, 0.4) is 0 Å². The number of carbonyl (C=O) groups excluding carboxylic acids is 2. The Balaban J connectivity index is 1.72. The Labute approximate surface area is 182 Å². The summed E-state index contributed by atoms with van der Waals surface area (Å²) in [5.41, 5.74) is 3.81. The molecule has 30 heavy (non-hydrogen) atoms. The van der Waals surface area contributed by atoms with Crippen molar-refractivity contribution in [2.45, 2.75) is 6.92 Å². The summed E-state index contributed by atoms with van der Waals surface area (Å²) >= 11 is 3.35. The highest BCUT2D eigenvalue weighted by Gasteiger charge is 2.13. The van der Waals surface area contributed by atoms with Gasteiger partial charge >= 0.3 is 5.97 Å². The van der Waals surface area contributed by atoms with E-state index in [-0.39, 0.29) is 0 Å². The molecule has 1 amide bonds. The molecule has 0 fully saturated rings. The van der Waals surface area contributed by atoms with Crippen molar-refractivity contribution in [1.82, 2.24) is 5.43 Å². The Hall–Kier alpha value is -3.45. The summed E-state index contributed by atoms with van der Waals surface area (Å²) in [4.78, 5) is 24.8. The molecule has 0 bridgehead atoms. The van der Waals surface area contributed by atoms with Crippen molar-refractivity contribution in [2.75, 3.05) is 6.61 Å². The van der Waals surface area contributed by atoms with E-state index in [9.17, 15) is 9.59 Å². The van der Waals surface area contributed by atoms with Crippen molar-refractivity contribution in [3.63, 3.8) is 0 Å². The van der Waals surface area contributed by atoms with Crippen LogP contribution in [0.25, 0.3) is 0 Å². The normalized spacial score (nSPS) is 10.6. The molecule has 0 aliphatic heterocycles. The fourth-order valence-electron chi connectivity index (χ4n) is 2.59. The van der Waals surface area contributed by atoms with E-state index in [2.05, 4.69) is 26.5 Å². The van der Waals surface area contributed by atoms with Gasteiger partial charge < -0.3 is 9.47 Å². The van der Waals surface area contributed by atoms with Gasteiger partial charge in [-0.05, 0) is 49.4 Å². The predicted molar refractivity (Wildman–Crippen MR) is 118 cm³/mol. The Morgan fingerprint density at radius 2 is 1.73 bits per heavy atom. The van der Waals surface area contributed by atoms with Crippen LogP contribution in [0.2, 0.25) is 0 Å². The highest BCUT2D eigenvalue weighted by atomic mass is 79.9. The number of hydrogen-bond donors (Lipinski definition) is 1. The van der Waals surface area contributed by atoms with E-state index in [0.29, 0.717) is 34.8 Å². The molecule has 0 atom stereocenters. The Bertz CT molecular complexity index is 1070. The molecule has 3 rings (SSSR count). The summed E-state index contributed by atoms with van der Waals surface area (Å²) in [5, 5.41) is 4.00. The van der Waals surface area contributed by atoms with E-state index < -0.39 is 11.9 Å². The second-order valence-electron chi connectivity index (χ2n) is 6.07. The Morgan fingerprint density at radius 3 is 2.50 bits per heavy atom. The fourth-order valence-corrected chi connectivity index (χ4v) is 2.96. The fraction of sp³-hybridized carbons (Fsp3) is 0.0870. The van der Waals surface area contributed by atoms with Gasteiger partial charge in [-0.25, -0.2) is 10.2 Å². The molecule has 3 aromatic carbocycles. The smallest absolute Gasteiger partial charge is 0.343 e. The number of nitrogens with zero attached hydrogens (tertiary/aromatic N) is 1. The molecule has 0 aliphatic carbocycles. The van der Waals surface area contributed by atoms with Crippen LogP contribution in [0.4, 0.5) is 0 Å². The van der Waals surface area contributed by atoms with Crippen LogP contribution in [-0.2, 0) is 0 Å². The minimum Gasteiger partial charge on any atom is -0.493 e. The van der Waals surface area contributed by atoms with Crippen LogP contribution in [0.5, 0.6) is 11.5 Å². The van der Waals surface area contributed by atoms with Crippen LogP contribution >= 0.6 is 15.9 Å². The van der Waals surface area contributed by atoms with Gasteiger partial charge in [0.15, 0.2) is 0 Å². The molecule has 0 saturated carbocycles. The lowest BCUT2D eigenvalue weighted by molar-refractivity contribution is 0.0734. The number of para-hydroxylation sites is 1. The first-order valence-corrected chi connectivity index (χ1v) is 9.99. The van der Waals surface area contributed by atoms with Gasteiger partial charge in [-0.3, -0.25) is 4.79 Å². The molecule has 6 nitrogen and oxygen atoms in total. The van der Waals surface area contributed by atoms with E-state index in [1.165, 1.54) is 6.21 Å². The summed E-state index contributed by atoms with van der Waals surface area (Å²) in [7, 11) is 0. The second-order valence-corrected chi connectivity index (χ2v) is 6.98. The van der Waals surface area contributed by atoms with Crippen molar-refractivity contribution < 1.29 is 19.1 Å². The number of hydrazone groups is 1. The predicted octanol–water partition coefficient (Wildman–Crippen LogP) is 4.83. The van der Waals surface area contributed by atoms with Crippen molar-refractivity contribution in [2.24, 2.45) is 5.10 Å². The minimum atomic E-state index is -0.476. The first-order chi connectivity index (χ1) is 14.6. The number of esters is 1. The summed E-state index contributed by atoms with van der Waals surface area (Å²) in [6.07, 6.45) is 1.42. The summed E-state index contributed by atoms with van der Waals surface area (Å²) in [6.45, 7) is 2.28. The van der Waals surface area contributed by atoms with Gasteiger partial charge in [0.1, 0.15) is 11.5 Å². The van der Waals surface area contributed by atoms with E-state index in [0.717, 1.165) is 4.47 Å². The van der Waals surface area contributed by atoms with E-state index in [1.807, 2.05) is 13.0 Å². The maximum absolute atomic E-state index is 12.5. The van der Waals surface area contributed by atoms with E-state index in [1.54, 1.807) is 66.7 Å². The first kappa shape index (κ1) is 21.3. The SMILES string of the molecule is CCOc1ccc(Br)cc1C(=O)N/N=C/c1ccccc1OC(=O)c1ccccc1. The molecular formula is C23H19BrN2O4. The highest BCUT2D eigenvalue weighted by molar-refractivity contribution is 9.10. The van der Waals surface area contributed by atoms with Gasteiger partial charge in [0, 0.05) is 10.0 Å². The highest BCUT2D eigenvalue weighted by Crippen LogP contribution is 2.23. The van der Waals surface area contributed by atoms with Gasteiger partial charge in [-0.15, -0.1) is 0 Å². The monoisotopic (exact) mass is 466 g/mol. The second kappa shape index (κ2) is 10.4. The summed E-state index contributed by atoms with van der Waals surface area (Å²) < 4.78 is 11.7. The van der Waals surface area contributed by atoms with Crippen LogP contribution in [0.15, 0.2) is 82.4 Å². The number of ether oxygens (including phenoxy) is 2. The lowest BCUT2D eigenvalue weighted by Gasteiger charge is -2.09. The van der Waals surface area contributed by atoms with Gasteiger partial charge in [-0.1, -0.05) is 46.3 Å². The molecule has 7 heteroatoms. The van der Waals surface area contributed by atoms with Gasteiger partial charge in [0.2, 0.25) is 0 Å². The third-order valence-electron chi connectivity index (χ3n) is 3.99. The number of rotatable bonds is 7. The van der Waals surface area contributed by atoms with Gasteiger partial charge in [-0.2, -0.15) is 5.10 Å². The first-order valence-electron chi connectivity index (χ1n) is 9.20. The van der Waals surface area contributed by atoms with E-state index >= 15 is 0 Å². The summed E-state index contributed by atoms with van der Waals surface area (Å²) in [6, 6.07) is 20.8. The molecule has 0 aliphatic rings. The molecule has 0 unspecified atom stereocenters. The molecule has 1 N–H and O–H groups in total. The number of halogens is 1. The van der Waals surface area contributed by atoms with Crippen LogP contribution in [0.1, 0.15) is 33.2 Å². The van der Waals surface area contributed by atoms with Crippen LogP contribution in [-0.4, -0.2) is 24.7 Å². The van der Waals surface area contributed by atoms with Crippen LogP contribution in [0, 0.1) is 0 Å².